The predicted molar refractivity (Wildman–Crippen MR) is 78.7 cm³/mol. The molecule has 0 amide bonds. The van der Waals surface area contributed by atoms with E-state index in [9.17, 15) is 0 Å². The third kappa shape index (κ3) is 2.45. The molecule has 1 aromatic heterocycles. The molecule has 2 aromatic carbocycles. The highest BCUT2D eigenvalue weighted by Gasteiger charge is 2.08. The van der Waals surface area contributed by atoms with Crippen LogP contribution in [0.1, 0.15) is 17.0 Å². The second kappa shape index (κ2) is 4.89. The van der Waals surface area contributed by atoms with E-state index in [1.165, 1.54) is 0 Å². The maximum atomic E-state index is 5.78. The number of ether oxygens (including phenoxy) is 1. The number of hydrogen-bond donors (Lipinski definition) is 1. The summed E-state index contributed by atoms with van der Waals surface area (Å²) in [5, 5.41) is 0. The Hall–Kier alpha value is -2.49. The molecule has 0 saturated heterocycles. The van der Waals surface area contributed by atoms with Crippen molar-refractivity contribution < 1.29 is 9.15 Å². The van der Waals surface area contributed by atoms with E-state index in [0.29, 0.717) is 23.8 Å². The number of anilines is 1. The zero-order valence-corrected chi connectivity index (χ0v) is 11.5. The van der Waals surface area contributed by atoms with Crippen LogP contribution in [0.3, 0.4) is 0 Å². The molecule has 0 bridgehead atoms. The molecule has 1 heterocycles. The van der Waals surface area contributed by atoms with Crippen molar-refractivity contribution in [2.24, 2.45) is 0 Å². The molecule has 0 fully saturated rings. The van der Waals surface area contributed by atoms with Gasteiger partial charge in [0, 0.05) is 11.8 Å². The van der Waals surface area contributed by atoms with Gasteiger partial charge in [-0.15, -0.1) is 0 Å². The van der Waals surface area contributed by atoms with Gasteiger partial charge in [0.25, 0.3) is 0 Å². The Balaban J connectivity index is 1.81. The molecule has 20 heavy (non-hydrogen) atoms. The first-order valence-corrected chi connectivity index (χ1v) is 6.47. The van der Waals surface area contributed by atoms with E-state index >= 15 is 0 Å². The van der Waals surface area contributed by atoms with Crippen LogP contribution in [0, 0.1) is 13.8 Å². The van der Waals surface area contributed by atoms with Crippen molar-refractivity contribution in [3.05, 3.63) is 53.4 Å². The summed E-state index contributed by atoms with van der Waals surface area (Å²) in [6.07, 6.45) is 0. The van der Waals surface area contributed by atoms with Gasteiger partial charge >= 0.3 is 0 Å². The summed E-state index contributed by atoms with van der Waals surface area (Å²) in [4.78, 5) is 4.37. The smallest absolute Gasteiger partial charge is 0.233 e. The summed E-state index contributed by atoms with van der Waals surface area (Å²) in [6.45, 7) is 4.36. The van der Waals surface area contributed by atoms with Crippen molar-refractivity contribution in [3.8, 4) is 5.75 Å². The summed E-state index contributed by atoms with van der Waals surface area (Å²) in [5.41, 5.74) is 10.1. The lowest BCUT2D eigenvalue weighted by atomic mass is 10.1. The zero-order chi connectivity index (χ0) is 14.1. The largest absolute Gasteiger partial charge is 0.484 e. The Morgan fingerprint density at radius 1 is 1.15 bits per heavy atom. The first kappa shape index (κ1) is 12.5. The minimum Gasteiger partial charge on any atom is -0.484 e. The summed E-state index contributed by atoms with van der Waals surface area (Å²) in [7, 11) is 0. The van der Waals surface area contributed by atoms with E-state index in [0.717, 1.165) is 22.4 Å². The third-order valence-corrected chi connectivity index (χ3v) is 3.15. The van der Waals surface area contributed by atoms with Gasteiger partial charge in [0.15, 0.2) is 12.2 Å². The number of rotatable bonds is 3. The molecular weight excluding hydrogens is 252 g/mol. The standard InChI is InChI=1S/C16H16N2O2/c1-10-3-4-11(2)14(7-10)19-9-16-18-13-6-5-12(17)8-15(13)20-16/h3-8H,9,17H2,1-2H3. The fourth-order valence-corrected chi connectivity index (χ4v) is 2.05. The van der Waals surface area contributed by atoms with Crippen LogP contribution in [-0.4, -0.2) is 4.98 Å². The van der Waals surface area contributed by atoms with Crippen LogP contribution in [0.4, 0.5) is 5.69 Å². The SMILES string of the molecule is Cc1ccc(C)c(OCc2nc3ccc(N)cc3o2)c1. The highest BCUT2D eigenvalue weighted by Crippen LogP contribution is 2.22. The van der Waals surface area contributed by atoms with Crippen LogP contribution in [-0.2, 0) is 6.61 Å². The maximum Gasteiger partial charge on any atom is 0.233 e. The number of aryl methyl sites for hydroxylation is 2. The number of aromatic nitrogens is 1. The van der Waals surface area contributed by atoms with Crippen molar-refractivity contribution in [1.82, 2.24) is 4.98 Å². The monoisotopic (exact) mass is 268 g/mol. The molecule has 0 spiro atoms. The van der Waals surface area contributed by atoms with Gasteiger partial charge in [-0.2, -0.15) is 0 Å². The number of hydrogen-bond acceptors (Lipinski definition) is 4. The Morgan fingerprint density at radius 3 is 2.85 bits per heavy atom. The van der Waals surface area contributed by atoms with Crippen LogP contribution in [0.25, 0.3) is 11.1 Å². The van der Waals surface area contributed by atoms with Crippen LogP contribution in [0.5, 0.6) is 5.75 Å². The molecular formula is C16H16N2O2. The minimum atomic E-state index is 0.304. The van der Waals surface area contributed by atoms with Gasteiger partial charge in [-0.05, 0) is 43.2 Å². The lowest BCUT2D eigenvalue weighted by Crippen LogP contribution is -1.97. The summed E-state index contributed by atoms with van der Waals surface area (Å²) < 4.78 is 11.4. The second-order valence-corrected chi connectivity index (χ2v) is 4.89. The summed E-state index contributed by atoms with van der Waals surface area (Å²) >= 11 is 0. The second-order valence-electron chi connectivity index (χ2n) is 4.89. The maximum absolute atomic E-state index is 5.78. The third-order valence-electron chi connectivity index (χ3n) is 3.15. The fourth-order valence-electron chi connectivity index (χ4n) is 2.05. The van der Waals surface area contributed by atoms with Crippen LogP contribution in [0.15, 0.2) is 40.8 Å². The molecule has 0 aliphatic rings. The molecule has 3 aromatic rings. The highest BCUT2D eigenvalue weighted by atomic mass is 16.5. The van der Waals surface area contributed by atoms with Gasteiger partial charge in [0.2, 0.25) is 5.89 Å². The Labute approximate surface area is 117 Å². The Kier molecular flexibility index (Phi) is 3.06. The first-order chi connectivity index (χ1) is 9.61. The molecule has 3 rings (SSSR count). The summed E-state index contributed by atoms with van der Waals surface area (Å²) in [5.74, 6) is 1.40. The highest BCUT2D eigenvalue weighted by molar-refractivity contribution is 5.76. The quantitative estimate of drug-likeness (QED) is 0.737. The number of fused-ring (bicyclic) bond motifs is 1. The molecule has 4 nitrogen and oxygen atoms in total. The van der Waals surface area contributed by atoms with Crippen LogP contribution >= 0.6 is 0 Å². The molecule has 4 heteroatoms. The first-order valence-electron chi connectivity index (χ1n) is 6.47. The van der Waals surface area contributed by atoms with Crippen LogP contribution in [0.2, 0.25) is 0 Å². The number of nitrogen functional groups attached to an aromatic ring is 1. The normalized spacial score (nSPS) is 10.9. The predicted octanol–water partition coefficient (Wildman–Crippen LogP) is 3.61. The Bertz CT molecular complexity index is 762. The molecule has 0 atom stereocenters. The number of oxazole rings is 1. The molecule has 0 saturated carbocycles. The molecule has 0 aliphatic heterocycles. The van der Waals surface area contributed by atoms with E-state index in [2.05, 4.69) is 11.1 Å². The van der Waals surface area contributed by atoms with Gasteiger partial charge in [-0.3, -0.25) is 0 Å². The Morgan fingerprint density at radius 2 is 2.00 bits per heavy atom. The van der Waals surface area contributed by atoms with Crippen molar-refractivity contribution in [1.29, 1.82) is 0 Å². The lowest BCUT2D eigenvalue weighted by Gasteiger charge is -2.07. The minimum absolute atomic E-state index is 0.304. The average Bonchev–Trinajstić information content (AvgIpc) is 2.81. The number of nitrogens with two attached hydrogens (primary N) is 1. The topological polar surface area (TPSA) is 61.3 Å². The van der Waals surface area contributed by atoms with Crippen molar-refractivity contribution in [3.63, 3.8) is 0 Å². The van der Waals surface area contributed by atoms with Gasteiger partial charge in [0.05, 0.1) is 0 Å². The molecule has 2 N–H and O–H groups in total. The van der Waals surface area contributed by atoms with Crippen LogP contribution < -0.4 is 10.5 Å². The van der Waals surface area contributed by atoms with Crippen molar-refractivity contribution in [2.45, 2.75) is 20.5 Å². The van der Waals surface area contributed by atoms with Crippen molar-refractivity contribution in [2.75, 3.05) is 5.73 Å². The molecule has 0 unspecified atom stereocenters. The van der Waals surface area contributed by atoms with E-state index in [4.69, 9.17) is 14.9 Å². The van der Waals surface area contributed by atoms with E-state index in [1.54, 1.807) is 12.1 Å². The zero-order valence-electron chi connectivity index (χ0n) is 11.5. The summed E-state index contributed by atoms with van der Waals surface area (Å²) in [6, 6.07) is 11.5. The van der Waals surface area contributed by atoms with Gasteiger partial charge in [-0.1, -0.05) is 12.1 Å². The van der Waals surface area contributed by atoms with Crippen molar-refractivity contribution >= 4 is 16.8 Å². The molecule has 0 radical (unpaired) electrons. The fraction of sp³-hybridized carbons (Fsp3) is 0.188. The van der Waals surface area contributed by atoms with Gasteiger partial charge in [-0.25, -0.2) is 4.98 Å². The van der Waals surface area contributed by atoms with E-state index in [1.807, 2.05) is 32.0 Å². The number of nitrogens with zero attached hydrogens (tertiary/aromatic N) is 1. The molecule has 102 valence electrons. The lowest BCUT2D eigenvalue weighted by molar-refractivity contribution is 0.265. The number of benzene rings is 2. The average molecular weight is 268 g/mol. The molecule has 0 aliphatic carbocycles. The van der Waals surface area contributed by atoms with E-state index < -0.39 is 0 Å². The van der Waals surface area contributed by atoms with E-state index in [-0.39, 0.29) is 0 Å². The van der Waals surface area contributed by atoms with Gasteiger partial charge in [0.1, 0.15) is 11.3 Å². The van der Waals surface area contributed by atoms with Gasteiger partial charge < -0.3 is 14.9 Å².